The number of carbonyl (C=O) groups excluding carboxylic acids is 1. The fourth-order valence-electron chi connectivity index (χ4n) is 2.02. The normalized spacial score (nSPS) is 11.0. The highest BCUT2D eigenvalue weighted by atomic mass is 35.5. The van der Waals surface area contributed by atoms with Crippen LogP contribution in [0.3, 0.4) is 0 Å². The van der Waals surface area contributed by atoms with Crippen LogP contribution < -0.4 is 5.56 Å². The van der Waals surface area contributed by atoms with E-state index in [1.54, 1.807) is 19.2 Å². The Labute approximate surface area is 134 Å². The molecule has 0 radical (unpaired) electrons. The highest BCUT2D eigenvalue weighted by Crippen LogP contribution is 2.25. The molecule has 112 valence electrons. The third-order valence-electron chi connectivity index (χ3n) is 3.17. The molecule has 0 saturated carbocycles. The largest absolute Gasteiger partial charge is 0.292 e. The van der Waals surface area contributed by atoms with Gasteiger partial charge in [0.05, 0.1) is 16.2 Å². The molecule has 0 saturated heterocycles. The van der Waals surface area contributed by atoms with Gasteiger partial charge in [-0.1, -0.05) is 34.5 Å². The van der Waals surface area contributed by atoms with E-state index in [0.29, 0.717) is 11.0 Å². The van der Waals surface area contributed by atoms with Crippen molar-refractivity contribution in [2.24, 2.45) is 7.05 Å². The molecule has 3 rings (SSSR count). The van der Waals surface area contributed by atoms with E-state index in [1.807, 2.05) is 0 Å². The first-order valence-corrected chi connectivity index (χ1v) is 6.97. The van der Waals surface area contributed by atoms with Gasteiger partial charge in [0.2, 0.25) is 0 Å². The number of rotatable bonds is 3. The maximum Gasteiger partial charge on any atom is 0.281 e. The summed E-state index contributed by atoms with van der Waals surface area (Å²) in [6.45, 7) is -0.281. The molecular formula is C13H9Cl2N5O2. The zero-order valence-corrected chi connectivity index (χ0v) is 12.8. The fraction of sp³-hybridized carbons (Fsp3) is 0.154. The molecule has 22 heavy (non-hydrogen) atoms. The van der Waals surface area contributed by atoms with Crippen molar-refractivity contribution in [2.45, 2.75) is 6.54 Å². The van der Waals surface area contributed by atoms with E-state index >= 15 is 0 Å². The molecule has 9 heteroatoms. The Bertz CT molecular complexity index is 947. The second kappa shape index (κ2) is 5.51. The number of ketones is 1. The van der Waals surface area contributed by atoms with Crippen LogP contribution in [0, 0.1) is 0 Å². The molecule has 0 aliphatic rings. The summed E-state index contributed by atoms with van der Waals surface area (Å²) in [5, 5.41) is 12.3. The van der Waals surface area contributed by atoms with E-state index in [9.17, 15) is 9.59 Å². The SMILES string of the molecule is Cn1ncc2c(=O)n(CC(=O)c3cccc(Cl)c3Cl)nnc21. The van der Waals surface area contributed by atoms with Crippen LogP contribution >= 0.6 is 23.2 Å². The molecule has 2 aromatic heterocycles. The van der Waals surface area contributed by atoms with Crippen LogP contribution in [0.2, 0.25) is 10.0 Å². The minimum Gasteiger partial charge on any atom is -0.292 e. The van der Waals surface area contributed by atoms with Gasteiger partial charge >= 0.3 is 0 Å². The van der Waals surface area contributed by atoms with E-state index in [0.717, 1.165) is 4.68 Å². The van der Waals surface area contributed by atoms with Crippen molar-refractivity contribution in [1.82, 2.24) is 24.8 Å². The summed E-state index contributed by atoms with van der Waals surface area (Å²) in [6.07, 6.45) is 1.39. The average Bonchev–Trinajstić information content (AvgIpc) is 2.87. The van der Waals surface area contributed by atoms with Gasteiger partial charge in [-0.25, -0.2) is 9.36 Å². The van der Waals surface area contributed by atoms with E-state index in [-0.39, 0.29) is 27.9 Å². The predicted octanol–water partition coefficient (Wildman–Crippen LogP) is 1.71. The highest BCUT2D eigenvalue weighted by molar-refractivity contribution is 6.43. The first-order valence-electron chi connectivity index (χ1n) is 6.21. The number of halogens is 2. The van der Waals surface area contributed by atoms with Crippen LogP contribution in [-0.4, -0.2) is 30.6 Å². The lowest BCUT2D eigenvalue weighted by molar-refractivity contribution is 0.0965. The number of carbonyl (C=O) groups is 1. The van der Waals surface area contributed by atoms with Crippen molar-refractivity contribution < 1.29 is 4.79 Å². The highest BCUT2D eigenvalue weighted by Gasteiger charge is 2.16. The maximum atomic E-state index is 12.3. The average molecular weight is 338 g/mol. The van der Waals surface area contributed by atoms with Crippen molar-refractivity contribution in [1.29, 1.82) is 0 Å². The first-order chi connectivity index (χ1) is 10.5. The molecule has 7 nitrogen and oxygen atoms in total. The summed E-state index contributed by atoms with van der Waals surface area (Å²) in [5.41, 5.74) is 0.147. The Morgan fingerprint density at radius 1 is 1.32 bits per heavy atom. The van der Waals surface area contributed by atoms with Gasteiger partial charge in [-0.3, -0.25) is 9.59 Å². The molecule has 0 spiro atoms. The van der Waals surface area contributed by atoms with Crippen LogP contribution in [0.4, 0.5) is 0 Å². The van der Waals surface area contributed by atoms with Gasteiger partial charge in [-0.2, -0.15) is 5.10 Å². The van der Waals surface area contributed by atoms with Crippen molar-refractivity contribution >= 4 is 40.0 Å². The molecule has 0 amide bonds. The number of aromatic nitrogens is 5. The number of aryl methyl sites for hydroxylation is 1. The van der Waals surface area contributed by atoms with Crippen LogP contribution in [0.25, 0.3) is 11.0 Å². The summed E-state index contributed by atoms with van der Waals surface area (Å²) < 4.78 is 2.41. The molecule has 2 heterocycles. The Morgan fingerprint density at radius 3 is 2.86 bits per heavy atom. The predicted molar refractivity (Wildman–Crippen MR) is 81.4 cm³/mol. The lowest BCUT2D eigenvalue weighted by Gasteiger charge is -2.06. The summed E-state index contributed by atoms with van der Waals surface area (Å²) in [6, 6.07) is 4.73. The summed E-state index contributed by atoms with van der Waals surface area (Å²) in [7, 11) is 1.65. The number of benzene rings is 1. The molecule has 0 fully saturated rings. The fourth-order valence-corrected chi connectivity index (χ4v) is 2.43. The summed E-state index contributed by atoms with van der Waals surface area (Å²) in [5.74, 6) is -0.382. The van der Waals surface area contributed by atoms with E-state index in [4.69, 9.17) is 23.2 Å². The van der Waals surface area contributed by atoms with E-state index in [2.05, 4.69) is 15.4 Å². The Kier molecular flexibility index (Phi) is 3.67. The van der Waals surface area contributed by atoms with Crippen molar-refractivity contribution in [2.75, 3.05) is 0 Å². The van der Waals surface area contributed by atoms with Crippen LogP contribution in [0.15, 0.2) is 29.2 Å². The molecule has 0 N–H and O–H groups in total. The topological polar surface area (TPSA) is 82.7 Å². The minimum absolute atomic E-state index is 0.151. The summed E-state index contributed by atoms with van der Waals surface area (Å²) in [4.78, 5) is 24.5. The zero-order valence-electron chi connectivity index (χ0n) is 11.3. The summed E-state index contributed by atoms with van der Waals surface area (Å²) >= 11 is 11.9. The number of fused-ring (bicyclic) bond motifs is 1. The maximum absolute atomic E-state index is 12.3. The van der Waals surface area contributed by atoms with Crippen LogP contribution in [-0.2, 0) is 13.6 Å². The van der Waals surface area contributed by atoms with Gasteiger partial charge in [-0.15, -0.1) is 5.10 Å². The Hall–Kier alpha value is -2.25. The smallest absolute Gasteiger partial charge is 0.281 e. The lowest BCUT2D eigenvalue weighted by Crippen LogP contribution is -2.28. The molecule has 0 aliphatic heterocycles. The third kappa shape index (κ3) is 2.38. The molecule has 3 aromatic rings. The lowest BCUT2D eigenvalue weighted by atomic mass is 10.1. The minimum atomic E-state index is -0.440. The van der Waals surface area contributed by atoms with Gasteiger partial charge in [0.25, 0.3) is 5.56 Å². The second-order valence-corrected chi connectivity index (χ2v) is 5.37. The third-order valence-corrected chi connectivity index (χ3v) is 3.98. The number of Topliss-reactive ketones (excluding diaryl/α,β-unsaturated/α-hetero) is 1. The monoisotopic (exact) mass is 337 g/mol. The molecule has 0 aliphatic carbocycles. The zero-order chi connectivity index (χ0) is 15.9. The van der Waals surface area contributed by atoms with Crippen molar-refractivity contribution in [3.8, 4) is 0 Å². The van der Waals surface area contributed by atoms with Crippen LogP contribution in [0.1, 0.15) is 10.4 Å². The standard InChI is InChI=1S/C13H9Cl2N5O2/c1-19-12-8(5-16-19)13(22)20(18-17-12)6-10(21)7-3-2-4-9(14)11(7)15/h2-5H,6H2,1H3. The van der Waals surface area contributed by atoms with E-state index < -0.39 is 5.56 Å². The Balaban J connectivity index is 1.99. The van der Waals surface area contributed by atoms with Crippen molar-refractivity contribution in [3.63, 3.8) is 0 Å². The molecule has 0 atom stereocenters. The number of hydrogen-bond acceptors (Lipinski definition) is 5. The van der Waals surface area contributed by atoms with Crippen LogP contribution in [0.5, 0.6) is 0 Å². The molecular weight excluding hydrogens is 329 g/mol. The van der Waals surface area contributed by atoms with Gasteiger partial charge < -0.3 is 0 Å². The quantitative estimate of drug-likeness (QED) is 0.679. The molecule has 1 aromatic carbocycles. The number of nitrogens with zero attached hydrogens (tertiary/aromatic N) is 5. The van der Waals surface area contributed by atoms with E-state index in [1.165, 1.54) is 16.9 Å². The molecule has 0 unspecified atom stereocenters. The first kappa shape index (κ1) is 14.7. The van der Waals surface area contributed by atoms with Gasteiger partial charge in [0.1, 0.15) is 11.9 Å². The number of hydrogen-bond donors (Lipinski definition) is 0. The Morgan fingerprint density at radius 2 is 2.09 bits per heavy atom. The van der Waals surface area contributed by atoms with Gasteiger partial charge in [0, 0.05) is 12.6 Å². The van der Waals surface area contributed by atoms with Gasteiger partial charge in [-0.05, 0) is 12.1 Å². The molecule has 0 bridgehead atoms. The second-order valence-electron chi connectivity index (χ2n) is 4.58. The van der Waals surface area contributed by atoms with Crippen molar-refractivity contribution in [3.05, 3.63) is 50.4 Å². The van der Waals surface area contributed by atoms with Gasteiger partial charge in [0.15, 0.2) is 11.4 Å².